The molecular weight excluding hydrogens is 336 g/mol. The molecule has 1 atom stereocenters. The number of hydrogen-bond donors (Lipinski definition) is 1. The number of benzene rings is 2. The van der Waals surface area contributed by atoms with E-state index in [2.05, 4.69) is 28.2 Å². The van der Waals surface area contributed by atoms with Gasteiger partial charge in [-0.15, -0.1) is 0 Å². The van der Waals surface area contributed by atoms with Crippen molar-refractivity contribution >= 4 is 21.6 Å². The first-order chi connectivity index (χ1) is 10.0. The summed E-state index contributed by atoms with van der Waals surface area (Å²) in [5.74, 6) is 0.782. The molecule has 1 unspecified atom stereocenters. The molecular formula is C15H15BrN2O3. The molecule has 0 aliphatic carbocycles. The third kappa shape index (κ3) is 3.80. The molecule has 1 N–H and O–H groups in total. The van der Waals surface area contributed by atoms with Crippen molar-refractivity contribution in [1.82, 2.24) is 5.32 Å². The molecule has 0 aromatic heterocycles. The molecule has 0 bridgehead atoms. The predicted octanol–water partition coefficient (Wildman–Crippen LogP) is 4.43. The molecule has 0 saturated carbocycles. The minimum absolute atomic E-state index is 0.0722. The van der Waals surface area contributed by atoms with Gasteiger partial charge in [0.15, 0.2) is 0 Å². The molecule has 0 saturated heterocycles. The van der Waals surface area contributed by atoms with Gasteiger partial charge in [0.2, 0.25) is 5.75 Å². The van der Waals surface area contributed by atoms with Crippen LogP contribution in [0.25, 0.3) is 0 Å². The zero-order chi connectivity index (χ0) is 15.4. The highest BCUT2D eigenvalue weighted by atomic mass is 79.9. The van der Waals surface area contributed by atoms with E-state index in [4.69, 9.17) is 4.74 Å². The zero-order valence-electron chi connectivity index (χ0n) is 11.7. The van der Waals surface area contributed by atoms with Gasteiger partial charge in [0.25, 0.3) is 0 Å². The minimum atomic E-state index is -0.461. The molecule has 0 heterocycles. The second kappa shape index (κ2) is 6.69. The second-order valence-corrected chi connectivity index (χ2v) is 5.47. The van der Waals surface area contributed by atoms with E-state index in [-0.39, 0.29) is 17.5 Å². The van der Waals surface area contributed by atoms with Gasteiger partial charge in [-0.3, -0.25) is 10.1 Å². The molecule has 2 aromatic carbocycles. The van der Waals surface area contributed by atoms with Crippen molar-refractivity contribution in [1.29, 1.82) is 0 Å². The third-order valence-electron chi connectivity index (χ3n) is 3.16. The van der Waals surface area contributed by atoms with Crippen LogP contribution in [0.5, 0.6) is 11.5 Å². The molecule has 2 rings (SSSR count). The second-order valence-electron chi connectivity index (χ2n) is 4.55. The predicted molar refractivity (Wildman–Crippen MR) is 84.8 cm³/mol. The Balaban J connectivity index is 2.24. The van der Waals surface area contributed by atoms with Gasteiger partial charge in [-0.2, -0.15) is 0 Å². The Morgan fingerprint density at radius 3 is 2.48 bits per heavy atom. The molecule has 110 valence electrons. The van der Waals surface area contributed by atoms with E-state index in [1.807, 2.05) is 19.2 Å². The van der Waals surface area contributed by atoms with Crippen molar-refractivity contribution in [2.75, 3.05) is 7.05 Å². The Bertz CT molecular complexity index is 644. The number of nitro benzene ring substituents is 1. The SMILES string of the molecule is CNC(C)c1ccc(Oc2ccc(Br)cc2[N+](=O)[O-])cc1. The molecule has 0 fully saturated rings. The average molecular weight is 351 g/mol. The Kier molecular flexibility index (Phi) is 4.93. The molecule has 0 aliphatic rings. The van der Waals surface area contributed by atoms with Crippen LogP contribution >= 0.6 is 15.9 Å². The lowest BCUT2D eigenvalue weighted by Gasteiger charge is -2.11. The Labute approximate surface area is 131 Å². The van der Waals surface area contributed by atoms with Crippen LogP contribution < -0.4 is 10.1 Å². The van der Waals surface area contributed by atoms with Crippen LogP contribution in [0.2, 0.25) is 0 Å². The summed E-state index contributed by atoms with van der Waals surface area (Å²) in [7, 11) is 1.89. The largest absolute Gasteiger partial charge is 0.450 e. The highest BCUT2D eigenvalue weighted by Gasteiger charge is 2.16. The van der Waals surface area contributed by atoms with Gasteiger partial charge in [0.1, 0.15) is 5.75 Å². The molecule has 0 spiro atoms. The van der Waals surface area contributed by atoms with E-state index >= 15 is 0 Å². The maximum Gasteiger partial charge on any atom is 0.312 e. The van der Waals surface area contributed by atoms with Crippen LogP contribution in [0.3, 0.4) is 0 Å². The van der Waals surface area contributed by atoms with Gasteiger partial charge in [-0.1, -0.05) is 28.1 Å². The van der Waals surface area contributed by atoms with E-state index in [1.165, 1.54) is 6.07 Å². The molecule has 21 heavy (non-hydrogen) atoms. The number of nitrogens with one attached hydrogen (secondary N) is 1. The first kappa shape index (κ1) is 15.5. The van der Waals surface area contributed by atoms with Gasteiger partial charge < -0.3 is 10.1 Å². The molecule has 6 heteroatoms. The van der Waals surface area contributed by atoms with Gasteiger partial charge in [0.05, 0.1) is 4.92 Å². The summed E-state index contributed by atoms with van der Waals surface area (Å²) in [5.41, 5.74) is 1.05. The summed E-state index contributed by atoms with van der Waals surface area (Å²) in [4.78, 5) is 10.6. The van der Waals surface area contributed by atoms with Crippen molar-refractivity contribution in [2.24, 2.45) is 0 Å². The van der Waals surface area contributed by atoms with Crippen LogP contribution in [-0.2, 0) is 0 Å². The van der Waals surface area contributed by atoms with E-state index in [1.54, 1.807) is 24.3 Å². The first-order valence-corrected chi connectivity index (χ1v) is 7.19. The first-order valence-electron chi connectivity index (χ1n) is 6.40. The summed E-state index contributed by atoms with van der Waals surface area (Å²) >= 11 is 3.22. The average Bonchev–Trinajstić information content (AvgIpc) is 2.49. The van der Waals surface area contributed by atoms with Gasteiger partial charge in [-0.25, -0.2) is 0 Å². The summed E-state index contributed by atoms with van der Waals surface area (Å²) in [5, 5.41) is 14.2. The number of nitrogens with zero attached hydrogens (tertiary/aromatic N) is 1. The van der Waals surface area contributed by atoms with Crippen molar-refractivity contribution in [3.63, 3.8) is 0 Å². The summed E-state index contributed by atoms with van der Waals surface area (Å²) in [6.45, 7) is 2.05. The molecule has 0 radical (unpaired) electrons. The topological polar surface area (TPSA) is 64.4 Å². The molecule has 0 aliphatic heterocycles. The lowest BCUT2D eigenvalue weighted by Crippen LogP contribution is -2.11. The molecule has 0 amide bonds. The fourth-order valence-electron chi connectivity index (χ4n) is 1.84. The lowest BCUT2D eigenvalue weighted by atomic mass is 10.1. The summed E-state index contributed by atoms with van der Waals surface area (Å²) in [6.07, 6.45) is 0. The smallest absolute Gasteiger partial charge is 0.312 e. The maximum atomic E-state index is 11.0. The van der Waals surface area contributed by atoms with Crippen molar-refractivity contribution < 1.29 is 9.66 Å². The summed E-state index contributed by atoms with van der Waals surface area (Å²) in [6, 6.07) is 12.4. The van der Waals surface area contributed by atoms with Gasteiger partial charge in [0, 0.05) is 16.6 Å². The van der Waals surface area contributed by atoms with Crippen LogP contribution in [-0.4, -0.2) is 12.0 Å². The standard InChI is InChI=1S/C15H15BrN2O3/c1-10(17-2)11-3-6-13(7-4-11)21-15-8-5-12(16)9-14(15)18(19)20/h3-10,17H,1-2H3. The normalized spacial score (nSPS) is 12.0. The maximum absolute atomic E-state index is 11.0. The fourth-order valence-corrected chi connectivity index (χ4v) is 2.19. The highest BCUT2D eigenvalue weighted by molar-refractivity contribution is 9.10. The van der Waals surface area contributed by atoms with E-state index in [0.717, 1.165) is 5.56 Å². The Morgan fingerprint density at radius 1 is 1.24 bits per heavy atom. The minimum Gasteiger partial charge on any atom is -0.450 e. The van der Waals surface area contributed by atoms with Crippen molar-refractivity contribution in [3.05, 3.63) is 62.6 Å². The van der Waals surface area contributed by atoms with E-state index in [0.29, 0.717) is 10.2 Å². The summed E-state index contributed by atoms with van der Waals surface area (Å²) < 4.78 is 6.25. The third-order valence-corrected chi connectivity index (χ3v) is 3.65. The highest BCUT2D eigenvalue weighted by Crippen LogP contribution is 2.33. The van der Waals surface area contributed by atoms with Crippen LogP contribution in [0.4, 0.5) is 5.69 Å². The van der Waals surface area contributed by atoms with E-state index < -0.39 is 4.92 Å². The number of hydrogen-bond acceptors (Lipinski definition) is 4. The van der Waals surface area contributed by atoms with Gasteiger partial charge >= 0.3 is 5.69 Å². The fraction of sp³-hybridized carbons (Fsp3) is 0.200. The Morgan fingerprint density at radius 2 is 1.90 bits per heavy atom. The van der Waals surface area contributed by atoms with Crippen LogP contribution in [0.1, 0.15) is 18.5 Å². The lowest BCUT2D eigenvalue weighted by molar-refractivity contribution is -0.385. The number of ether oxygens (including phenoxy) is 1. The number of rotatable bonds is 5. The quantitative estimate of drug-likeness (QED) is 0.639. The zero-order valence-corrected chi connectivity index (χ0v) is 13.3. The molecule has 5 nitrogen and oxygen atoms in total. The van der Waals surface area contributed by atoms with E-state index in [9.17, 15) is 10.1 Å². The van der Waals surface area contributed by atoms with Crippen molar-refractivity contribution in [3.8, 4) is 11.5 Å². The van der Waals surface area contributed by atoms with Crippen LogP contribution in [0, 0.1) is 10.1 Å². The number of nitro groups is 1. The Hall–Kier alpha value is -1.92. The monoisotopic (exact) mass is 350 g/mol. The molecule has 2 aromatic rings. The van der Waals surface area contributed by atoms with Gasteiger partial charge in [-0.05, 0) is 43.8 Å². The van der Waals surface area contributed by atoms with Crippen molar-refractivity contribution in [2.45, 2.75) is 13.0 Å². The van der Waals surface area contributed by atoms with Crippen LogP contribution in [0.15, 0.2) is 46.9 Å². The number of halogens is 1.